The Kier molecular flexibility index (Phi) is 3.73. The second-order valence-electron chi connectivity index (χ2n) is 3.81. The standard InChI is InChI=1S/C11H12Cl2N4O/c1-3-17-8(9(12)7(2)15-17)6-16-5-4-14-10(13)11(16)18/h4-5H,3,6H2,1-2H3. The average molecular weight is 287 g/mol. The summed E-state index contributed by atoms with van der Waals surface area (Å²) < 4.78 is 3.24. The fourth-order valence-electron chi connectivity index (χ4n) is 1.73. The Morgan fingerprint density at radius 2 is 2.11 bits per heavy atom. The van der Waals surface area contributed by atoms with E-state index in [2.05, 4.69) is 10.1 Å². The predicted molar refractivity (Wildman–Crippen MR) is 70.3 cm³/mol. The molecule has 0 radical (unpaired) electrons. The van der Waals surface area contributed by atoms with Gasteiger partial charge in [-0.05, 0) is 13.8 Å². The van der Waals surface area contributed by atoms with Crippen LogP contribution in [0.15, 0.2) is 17.2 Å². The van der Waals surface area contributed by atoms with Crippen LogP contribution in [0, 0.1) is 6.92 Å². The normalized spacial score (nSPS) is 10.9. The van der Waals surface area contributed by atoms with E-state index in [1.807, 2.05) is 13.8 Å². The largest absolute Gasteiger partial charge is 0.305 e. The van der Waals surface area contributed by atoms with Gasteiger partial charge >= 0.3 is 0 Å². The van der Waals surface area contributed by atoms with Crippen molar-refractivity contribution in [1.82, 2.24) is 19.3 Å². The molecule has 96 valence electrons. The van der Waals surface area contributed by atoms with E-state index in [-0.39, 0.29) is 10.7 Å². The van der Waals surface area contributed by atoms with Crippen LogP contribution in [0.1, 0.15) is 18.3 Å². The van der Waals surface area contributed by atoms with Gasteiger partial charge in [0.2, 0.25) is 0 Å². The Balaban J connectivity index is 2.46. The van der Waals surface area contributed by atoms with Crippen molar-refractivity contribution in [3.05, 3.63) is 44.3 Å². The molecule has 0 aliphatic carbocycles. The predicted octanol–water partition coefficient (Wildman–Crippen LogP) is 2.12. The monoisotopic (exact) mass is 286 g/mol. The summed E-state index contributed by atoms with van der Waals surface area (Å²) in [6.45, 7) is 4.82. The fraction of sp³-hybridized carbons (Fsp3) is 0.364. The molecular formula is C11H12Cl2N4O. The minimum Gasteiger partial charge on any atom is -0.305 e. The van der Waals surface area contributed by atoms with Crippen molar-refractivity contribution in [3.8, 4) is 0 Å². The fourth-order valence-corrected chi connectivity index (χ4v) is 2.09. The number of hydrogen-bond acceptors (Lipinski definition) is 3. The van der Waals surface area contributed by atoms with Crippen molar-refractivity contribution >= 4 is 23.2 Å². The first kappa shape index (κ1) is 13.1. The molecular weight excluding hydrogens is 275 g/mol. The number of nitrogens with zero attached hydrogens (tertiary/aromatic N) is 4. The van der Waals surface area contributed by atoms with Crippen LogP contribution in [-0.2, 0) is 13.1 Å². The van der Waals surface area contributed by atoms with E-state index >= 15 is 0 Å². The van der Waals surface area contributed by atoms with Crippen LogP contribution < -0.4 is 5.56 Å². The molecule has 0 aromatic carbocycles. The van der Waals surface area contributed by atoms with Gasteiger partial charge in [-0.25, -0.2) is 4.98 Å². The molecule has 2 rings (SSSR count). The summed E-state index contributed by atoms with van der Waals surface area (Å²) in [5.41, 5.74) is 1.21. The molecule has 2 aromatic heterocycles. The zero-order valence-electron chi connectivity index (χ0n) is 10.0. The minimum absolute atomic E-state index is 0.0482. The van der Waals surface area contributed by atoms with Gasteiger partial charge in [-0.3, -0.25) is 9.48 Å². The van der Waals surface area contributed by atoms with E-state index in [0.29, 0.717) is 18.1 Å². The maximum absolute atomic E-state index is 11.8. The van der Waals surface area contributed by atoms with E-state index < -0.39 is 0 Å². The second kappa shape index (κ2) is 5.12. The van der Waals surface area contributed by atoms with Gasteiger partial charge in [0.15, 0.2) is 5.15 Å². The minimum atomic E-state index is -0.336. The van der Waals surface area contributed by atoms with Gasteiger partial charge in [0.25, 0.3) is 5.56 Å². The molecule has 0 saturated carbocycles. The molecule has 0 spiro atoms. The average Bonchev–Trinajstić information content (AvgIpc) is 2.62. The zero-order chi connectivity index (χ0) is 13.3. The summed E-state index contributed by atoms with van der Waals surface area (Å²) in [6, 6.07) is 0. The summed E-state index contributed by atoms with van der Waals surface area (Å²) in [6.07, 6.45) is 3.06. The van der Waals surface area contributed by atoms with Crippen molar-refractivity contribution in [2.45, 2.75) is 26.9 Å². The summed E-state index contributed by atoms with van der Waals surface area (Å²) >= 11 is 11.9. The van der Waals surface area contributed by atoms with Gasteiger partial charge in [-0.1, -0.05) is 23.2 Å². The number of rotatable bonds is 3. The number of hydrogen-bond donors (Lipinski definition) is 0. The summed E-state index contributed by atoms with van der Waals surface area (Å²) in [7, 11) is 0. The molecule has 5 nitrogen and oxygen atoms in total. The van der Waals surface area contributed by atoms with Gasteiger partial charge in [0.1, 0.15) is 0 Å². The number of aryl methyl sites for hydroxylation is 2. The zero-order valence-corrected chi connectivity index (χ0v) is 11.5. The highest BCUT2D eigenvalue weighted by Gasteiger charge is 2.14. The molecule has 7 heteroatoms. The van der Waals surface area contributed by atoms with Crippen LogP contribution in [0.4, 0.5) is 0 Å². The summed E-state index contributed by atoms with van der Waals surface area (Å²) in [5.74, 6) is 0. The lowest BCUT2D eigenvalue weighted by molar-refractivity contribution is 0.590. The molecule has 2 heterocycles. The third-order valence-electron chi connectivity index (χ3n) is 2.64. The molecule has 0 unspecified atom stereocenters. The highest BCUT2D eigenvalue weighted by molar-refractivity contribution is 6.31. The molecule has 0 atom stereocenters. The SMILES string of the molecule is CCn1nc(C)c(Cl)c1Cn1ccnc(Cl)c1=O. The number of halogens is 2. The molecule has 0 amide bonds. The molecule has 0 aliphatic heterocycles. The van der Waals surface area contributed by atoms with Gasteiger partial charge in [0, 0.05) is 18.9 Å². The van der Waals surface area contributed by atoms with Crippen molar-refractivity contribution in [3.63, 3.8) is 0 Å². The lowest BCUT2D eigenvalue weighted by atomic mass is 10.3. The number of aromatic nitrogens is 4. The van der Waals surface area contributed by atoms with Gasteiger partial charge < -0.3 is 4.57 Å². The van der Waals surface area contributed by atoms with Crippen LogP contribution in [-0.4, -0.2) is 19.3 Å². The first-order valence-corrected chi connectivity index (χ1v) is 6.23. The van der Waals surface area contributed by atoms with Crippen molar-refractivity contribution in [2.75, 3.05) is 0 Å². The first-order chi connectivity index (χ1) is 8.54. The molecule has 0 fully saturated rings. The van der Waals surface area contributed by atoms with E-state index in [4.69, 9.17) is 23.2 Å². The Hall–Kier alpha value is -1.33. The second-order valence-corrected chi connectivity index (χ2v) is 4.55. The van der Waals surface area contributed by atoms with Crippen LogP contribution in [0.2, 0.25) is 10.2 Å². The quantitative estimate of drug-likeness (QED) is 0.869. The van der Waals surface area contributed by atoms with Crippen molar-refractivity contribution in [1.29, 1.82) is 0 Å². The lowest BCUT2D eigenvalue weighted by Gasteiger charge is -2.08. The third-order valence-corrected chi connectivity index (χ3v) is 3.40. The summed E-state index contributed by atoms with van der Waals surface area (Å²) in [5, 5.41) is 4.83. The maximum atomic E-state index is 11.8. The Morgan fingerprint density at radius 1 is 1.39 bits per heavy atom. The molecule has 0 aliphatic rings. The summed E-state index contributed by atoms with van der Waals surface area (Å²) in [4.78, 5) is 15.5. The Morgan fingerprint density at radius 3 is 2.78 bits per heavy atom. The van der Waals surface area contributed by atoms with Crippen molar-refractivity contribution < 1.29 is 0 Å². The molecule has 2 aromatic rings. The molecule has 0 saturated heterocycles. The van der Waals surface area contributed by atoms with Gasteiger partial charge in [-0.2, -0.15) is 5.10 Å². The van der Waals surface area contributed by atoms with Gasteiger partial charge in [-0.15, -0.1) is 0 Å². The van der Waals surface area contributed by atoms with Crippen LogP contribution in [0.3, 0.4) is 0 Å². The Labute approximate surface area is 114 Å². The van der Waals surface area contributed by atoms with E-state index in [9.17, 15) is 4.79 Å². The Bertz CT molecular complexity index is 632. The molecule has 0 bridgehead atoms. The van der Waals surface area contributed by atoms with Crippen LogP contribution in [0.5, 0.6) is 0 Å². The third kappa shape index (κ3) is 2.28. The molecule has 0 N–H and O–H groups in total. The lowest BCUT2D eigenvalue weighted by Crippen LogP contribution is -2.22. The van der Waals surface area contributed by atoms with E-state index in [1.165, 1.54) is 10.8 Å². The smallest absolute Gasteiger partial charge is 0.288 e. The van der Waals surface area contributed by atoms with Gasteiger partial charge in [0.05, 0.1) is 23.0 Å². The molecule has 18 heavy (non-hydrogen) atoms. The van der Waals surface area contributed by atoms with Crippen LogP contribution >= 0.6 is 23.2 Å². The highest BCUT2D eigenvalue weighted by atomic mass is 35.5. The van der Waals surface area contributed by atoms with E-state index in [0.717, 1.165) is 11.4 Å². The first-order valence-electron chi connectivity index (χ1n) is 5.47. The highest BCUT2D eigenvalue weighted by Crippen LogP contribution is 2.20. The van der Waals surface area contributed by atoms with Crippen LogP contribution in [0.25, 0.3) is 0 Å². The van der Waals surface area contributed by atoms with Crippen molar-refractivity contribution in [2.24, 2.45) is 0 Å². The topological polar surface area (TPSA) is 52.7 Å². The van der Waals surface area contributed by atoms with E-state index in [1.54, 1.807) is 10.9 Å². The maximum Gasteiger partial charge on any atom is 0.288 e.